The monoisotopic (exact) mass is 358 g/mol. The average molecular weight is 359 g/mol. The maximum absolute atomic E-state index is 11.3. The standard InChI is InChI=1S/C17H36O4S.Na/c1-3-5-6-7-10-14-17(22(19,20)21)15-11-8-9-13-16(18)12-4-2;/h16-18H,3-15H2,1-2H3,(H,19,20,21);/q;+1/p-1. The molecule has 2 atom stereocenters. The zero-order valence-corrected chi connectivity index (χ0v) is 18.2. The summed E-state index contributed by atoms with van der Waals surface area (Å²) in [7, 11) is -4.17. The molecule has 0 bridgehead atoms. The molecule has 0 aliphatic heterocycles. The van der Waals surface area contributed by atoms with Gasteiger partial charge in [-0.05, 0) is 25.7 Å². The Labute approximate surface area is 165 Å². The summed E-state index contributed by atoms with van der Waals surface area (Å²) in [6, 6.07) is 0. The van der Waals surface area contributed by atoms with Crippen LogP contribution in [-0.2, 0) is 10.1 Å². The first kappa shape index (κ1) is 26.1. The minimum absolute atomic E-state index is 0. The summed E-state index contributed by atoms with van der Waals surface area (Å²) in [6.45, 7) is 4.19. The van der Waals surface area contributed by atoms with Crippen molar-refractivity contribution in [3.8, 4) is 0 Å². The number of hydrogen-bond acceptors (Lipinski definition) is 4. The van der Waals surface area contributed by atoms with Crippen LogP contribution in [0.5, 0.6) is 0 Å². The normalized spacial score (nSPS) is 14.3. The number of aliphatic hydroxyl groups excluding tert-OH is 1. The van der Waals surface area contributed by atoms with Gasteiger partial charge in [-0.25, -0.2) is 8.42 Å². The topological polar surface area (TPSA) is 77.4 Å². The van der Waals surface area contributed by atoms with E-state index in [1.54, 1.807) is 0 Å². The average Bonchev–Trinajstić information content (AvgIpc) is 2.43. The molecule has 0 radical (unpaired) electrons. The van der Waals surface area contributed by atoms with Crippen molar-refractivity contribution in [1.82, 2.24) is 0 Å². The number of hydrogen-bond donors (Lipinski definition) is 1. The van der Waals surface area contributed by atoms with Crippen molar-refractivity contribution in [1.29, 1.82) is 0 Å². The molecule has 0 saturated carbocycles. The molecule has 0 amide bonds. The van der Waals surface area contributed by atoms with Gasteiger partial charge in [-0.1, -0.05) is 71.6 Å². The molecular weight excluding hydrogens is 323 g/mol. The van der Waals surface area contributed by atoms with Crippen LogP contribution >= 0.6 is 0 Å². The summed E-state index contributed by atoms with van der Waals surface area (Å²) >= 11 is 0. The second-order valence-electron chi connectivity index (χ2n) is 6.40. The third-order valence-corrected chi connectivity index (χ3v) is 5.51. The third kappa shape index (κ3) is 16.1. The van der Waals surface area contributed by atoms with E-state index in [0.29, 0.717) is 12.8 Å². The molecule has 134 valence electrons. The van der Waals surface area contributed by atoms with Crippen molar-refractivity contribution < 1.29 is 47.6 Å². The maximum Gasteiger partial charge on any atom is 1.00 e. The third-order valence-electron chi connectivity index (χ3n) is 4.22. The van der Waals surface area contributed by atoms with Crippen molar-refractivity contribution in [2.75, 3.05) is 0 Å². The Hall–Kier alpha value is 0.870. The molecule has 0 saturated heterocycles. The van der Waals surface area contributed by atoms with Crippen molar-refractivity contribution in [3.05, 3.63) is 0 Å². The smallest absolute Gasteiger partial charge is 0.748 e. The molecule has 4 nitrogen and oxygen atoms in total. The molecule has 0 aromatic rings. The van der Waals surface area contributed by atoms with E-state index in [4.69, 9.17) is 0 Å². The van der Waals surface area contributed by atoms with Gasteiger partial charge in [-0.3, -0.25) is 0 Å². The van der Waals surface area contributed by atoms with E-state index in [9.17, 15) is 18.1 Å². The van der Waals surface area contributed by atoms with E-state index in [-0.39, 0.29) is 35.7 Å². The number of unbranched alkanes of at least 4 members (excludes halogenated alkanes) is 6. The molecule has 1 N–H and O–H groups in total. The van der Waals surface area contributed by atoms with Crippen molar-refractivity contribution in [2.24, 2.45) is 0 Å². The number of rotatable bonds is 15. The van der Waals surface area contributed by atoms with Crippen LogP contribution in [0.3, 0.4) is 0 Å². The van der Waals surface area contributed by atoms with Gasteiger partial charge >= 0.3 is 29.6 Å². The second kappa shape index (κ2) is 16.3. The first-order valence-corrected chi connectivity index (χ1v) is 10.5. The van der Waals surface area contributed by atoms with E-state index in [0.717, 1.165) is 64.2 Å². The summed E-state index contributed by atoms with van der Waals surface area (Å²) < 4.78 is 33.9. The van der Waals surface area contributed by atoms with Crippen LogP contribution in [0, 0.1) is 0 Å². The summed E-state index contributed by atoms with van der Waals surface area (Å²) in [4.78, 5) is 0. The Morgan fingerprint density at radius 1 is 0.783 bits per heavy atom. The van der Waals surface area contributed by atoms with Crippen molar-refractivity contribution in [2.45, 2.75) is 109 Å². The summed E-state index contributed by atoms with van der Waals surface area (Å²) in [6.07, 6.45) is 11.2. The molecule has 2 unspecified atom stereocenters. The van der Waals surface area contributed by atoms with E-state index in [2.05, 4.69) is 6.92 Å². The zero-order valence-electron chi connectivity index (χ0n) is 15.4. The van der Waals surface area contributed by atoms with Gasteiger partial charge in [0.2, 0.25) is 0 Å². The predicted molar refractivity (Wildman–Crippen MR) is 90.9 cm³/mol. The Bertz CT molecular complexity index is 347. The van der Waals surface area contributed by atoms with Gasteiger partial charge in [0.25, 0.3) is 0 Å². The van der Waals surface area contributed by atoms with Gasteiger partial charge in [-0.15, -0.1) is 0 Å². The first-order valence-electron chi connectivity index (χ1n) is 9.04. The number of aliphatic hydroxyl groups is 1. The maximum atomic E-state index is 11.3. The van der Waals surface area contributed by atoms with Gasteiger partial charge in [0.1, 0.15) is 0 Å². The minimum atomic E-state index is -4.17. The Balaban J connectivity index is 0. The summed E-state index contributed by atoms with van der Waals surface area (Å²) in [5, 5.41) is 8.91. The van der Waals surface area contributed by atoms with Crippen LogP contribution in [-0.4, -0.2) is 29.4 Å². The molecule has 0 spiro atoms. The molecule has 0 rings (SSSR count). The Morgan fingerprint density at radius 3 is 1.74 bits per heavy atom. The quantitative estimate of drug-likeness (QED) is 0.272. The predicted octanol–water partition coefficient (Wildman–Crippen LogP) is 1.38. The molecule has 0 aliphatic rings. The van der Waals surface area contributed by atoms with Crippen LogP contribution in [0.1, 0.15) is 97.3 Å². The van der Waals surface area contributed by atoms with Crippen LogP contribution in [0.2, 0.25) is 0 Å². The van der Waals surface area contributed by atoms with Gasteiger partial charge in [0.05, 0.1) is 16.2 Å². The van der Waals surface area contributed by atoms with Crippen LogP contribution in [0.4, 0.5) is 0 Å². The first-order chi connectivity index (χ1) is 10.4. The molecule has 0 fully saturated rings. The molecule has 0 aromatic heterocycles. The molecule has 0 aromatic carbocycles. The van der Waals surface area contributed by atoms with Crippen molar-refractivity contribution in [3.63, 3.8) is 0 Å². The summed E-state index contributed by atoms with van der Waals surface area (Å²) in [5.74, 6) is 0. The van der Waals surface area contributed by atoms with E-state index in [1.165, 1.54) is 6.42 Å². The van der Waals surface area contributed by atoms with Gasteiger partial charge < -0.3 is 9.66 Å². The molecule has 6 heteroatoms. The zero-order chi connectivity index (χ0) is 16.8. The van der Waals surface area contributed by atoms with E-state index < -0.39 is 15.4 Å². The van der Waals surface area contributed by atoms with Gasteiger partial charge in [0, 0.05) is 5.25 Å². The molecule has 23 heavy (non-hydrogen) atoms. The molecule has 0 aliphatic carbocycles. The van der Waals surface area contributed by atoms with E-state index >= 15 is 0 Å². The fraction of sp³-hybridized carbons (Fsp3) is 1.00. The summed E-state index contributed by atoms with van der Waals surface area (Å²) in [5.41, 5.74) is 0. The molecular formula is C17H35NaO4S. The van der Waals surface area contributed by atoms with Gasteiger partial charge in [-0.2, -0.15) is 0 Å². The minimum Gasteiger partial charge on any atom is -0.748 e. The largest absolute Gasteiger partial charge is 1.00 e. The second-order valence-corrected chi connectivity index (χ2v) is 8.05. The van der Waals surface area contributed by atoms with Gasteiger partial charge in [0.15, 0.2) is 0 Å². The van der Waals surface area contributed by atoms with Crippen LogP contribution < -0.4 is 29.6 Å². The fourth-order valence-electron chi connectivity index (χ4n) is 2.81. The molecule has 0 heterocycles. The SMILES string of the molecule is CCCCCCCC(CCCCCC(O)CCC)S(=O)(=O)[O-].[Na+]. The van der Waals surface area contributed by atoms with Crippen LogP contribution in [0.25, 0.3) is 0 Å². The Kier molecular flexibility index (Phi) is 18.5. The Morgan fingerprint density at radius 2 is 1.26 bits per heavy atom. The van der Waals surface area contributed by atoms with Crippen molar-refractivity contribution >= 4 is 10.1 Å². The fourth-order valence-corrected chi connectivity index (χ4v) is 3.73. The van der Waals surface area contributed by atoms with E-state index in [1.807, 2.05) is 6.92 Å². The van der Waals surface area contributed by atoms with Crippen LogP contribution in [0.15, 0.2) is 0 Å².